The van der Waals surface area contributed by atoms with Crippen LogP contribution in [0.4, 0.5) is 4.79 Å². The quantitative estimate of drug-likeness (QED) is 0.828. The normalized spacial score (nSPS) is 19.1. The number of thiophene rings is 1. The van der Waals surface area contributed by atoms with E-state index in [9.17, 15) is 14.4 Å². The minimum Gasteiger partial charge on any atom is -0.277 e. The average molecular weight is 266 g/mol. The van der Waals surface area contributed by atoms with E-state index in [4.69, 9.17) is 0 Å². The van der Waals surface area contributed by atoms with Crippen molar-refractivity contribution in [2.24, 2.45) is 5.41 Å². The lowest BCUT2D eigenvalue weighted by molar-refractivity contribution is -0.149. The third kappa shape index (κ3) is 1.92. The first-order valence-electron chi connectivity index (χ1n) is 5.54. The van der Waals surface area contributed by atoms with Crippen LogP contribution in [0.1, 0.15) is 24.3 Å². The Morgan fingerprint density at radius 1 is 1.33 bits per heavy atom. The van der Waals surface area contributed by atoms with Crippen LogP contribution in [0.25, 0.3) is 0 Å². The van der Waals surface area contributed by atoms with Crippen LogP contribution >= 0.6 is 11.3 Å². The van der Waals surface area contributed by atoms with Crippen LogP contribution < -0.4 is 5.32 Å². The van der Waals surface area contributed by atoms with Gasteiger partial charge in [-0.25, -0.2) is 4.79 Å². The average Bonchev–Trinajstić information content (AvgIpc) is 2.68. The van der Waals surface area contributed by atoms with Crippen LogP contribution in [0, 0.1) is 12.3 Å². The molecule has 1 saturated heterocycles. The van der Waals surface area contributed by atoms with Crippen molar-refractivity contribution >= 4 is 29.2 Å². The first-order valence-corrected chi connectivity index (χ1v) is 6.42. The number of amides is 4. The lowest BCUT2D eigenvalue weighted by Crippen LogP contribution is -2.61. The molecule has 96 valence electrons. The molecular weight excluding hydrogens is 252 g/mol. The van der Waals surface area contributed by atoms with Gasteiger partial charge in [0, 0.05) is 4.88 Å². The van der Waals surface area contributed by atoms with Gasteiger partial charge < -0.3 is 0 Å². The van der Waals surface area contributed by atoms with E-state index >= 15 is 0 Å². The van der Waals surface area contributed by atoms with E-state index in [-0.39, 0.29) is 6.54 Å². The molecule has 0 bridgehead atoms. The highest BCUT2D eigenvalue weighted by Gasteiger charge is 2.46. The smallest absolute Gasteiger partial charge is 0.277 e. The van der Waals surface area contributed by atoms with Gasteiger partial charge in [-0.3, -0.25) is 19.8 Å². The predicted molar refractivity (Wildman–Crippen MR) is 66.9 cm³/mol. The van der Waals surface area contributed by atoms with Crippen molar-refractivity contribution in [3.05, 3.63) is 21.9 Å². The number of nitrogens with one attached hydrogen (secondary N) is 1. The highest BCUT2D eigenvalue weighted by Crippen LogP contribution is 2.26. The number of aryl methyl sites for hydroxylation is 1. The third-order valence-corrected chi connectivity index (χ3v) is 4.09. The molecule has 5 nitrogen and oxygen atoms in total. The molecule has 0 aromatic carbocycles. The molecule has 0 atom stereocenters. The van der Waals surface area contributed by atoms with Crippen LogP contribution in [-0.4, -0.2) is 22.7 Å². The van der Waals surface area contributed by atoms with Crippen molar-refractivity contribution < 1.29 is 14.4 Å². The molecule has 2 rings (SSSR count). The van der Waals surface area contributed by atoms with Crippen molar-refractivity contribution in [1.29, 1.82) is 0 Å². The largest absolute Gasteiger partial charge is 0.331 e. The van der Waals surface area contributed by atoms with Crippen molar-refractivity contribution in [1.82, 2.24) is 10.2 Å². The maximum absolute atomic E-state index is 12.2. The van der Waals surface area contributed by atoms with Crippen molar-refractivity contribution in [3.63, 3.8) is 0 Å². The number of imide groups is 2. The van der Waals surface area contributed by atoms with E-state index in [1.807, 2.05) is 18.4 Å². The zero-order valence-corrected chi connectivity index (χ0v) is 11.3. The molecule has 0 saturated carbocycles. The topological polar surface area (TPSA) is 66.5 Å². The predicted octanol–water partition coefficient (Wildman–Crippen LogP) is 1.66. The van der Waals surface area contributed by atoms with E-state index in [2.05, 4.69) is 5.32 Å². The summed E-state index contributed by atoms with van der Waals surface area (Å²) in [6.07, 6.45) is 0. The Labute approximate surface area is 109 Å². The second-order valence-corrected chi connectivity index (χ2v) is 5.80. The van der Waals surface area contributed by atoms with Gasteiger partial charge in [-0.2, -0.15) is 0 Å². The first-order chi connectivity index (χ1) is 8.34. The Bertz CT molecular complexity index is 533. The maximum atomic E-state index is 12.2. The SMILES string of the molecule is Cc1ccsc1CN1C(=O)NC(=O)C(C)(C)C1=O. The number of carbonyl (C=O) groups excluding carboxylic acids is 3. The number of hydrogen-bond donors (Lipinski definition) is 1. The van der Waals surface area contributed by atoms with Crippen LogP contribution in [-0.2, 0) is 16.1 Å². The monoisotopic (exact) mass is 266 g/mol. The highest BCUT2D eigenvalue weighted by atomic mass is 32.1. The summed E-state index contributed by atoms with van der Waals surface area (Å²) in [6, 6.07) is 1.29. The Hall–Kier alpha value is -1.69. The van der Waals surface area contributed by atoms with Crippen LogP contribution in [0.3, 0.4) is 0 Å². The molecule has 18 heavy (non-hydrogen) atoms. The Balaban J connectivity index is 2.27. The molecule has 1 aliphatic heterocycles. The van der Waals surface area contributed by atoms with Gasteiger partial charge in [0.05, 0.1) is 6.54 Å². The van der Waals surface area contributed by atoms with Gasteiger partial charge in [0.15, 0.2) is 0 Å². The standard InChI is InChI=1S/C12H14N2O3S/c1-7-4-5-18-8(7)6-14-10(16)12(2,3)9(15)13-11(14)17/h4-5H,6H2,1-3H3,(H,13,15,17). The summed E-state index contributed by atoms with van der Waals surface area (Å²) in [5, 5.41) is 4.12. The molecule has 1 N–H and O–H groups in total. The molecular formula is C12H14N2O3S. The zero-order valence-electron chi connectivity index (χ0n) is 10.4. The Kier molecular flexibility index (Phi) is 2.98. The first kappa shape index (κ1) is 12.8. The number of rotatable bonds is 2. The van der Waals surface area contributed by atoms with Crippen LogP contribution in [0.15, 0.2) is 11.4 Å². The summed E-state index contributed by atoms with van der Waals surface area (Å²) in [5.41, 5.74) is -0.158. The fourth-order valence-electron chi connectivity index (χ4n) is 1.70. The molecule has 0 aliphatic carbocycles. The van der Waals surface area contributed by atoms with Gasteiger partial charge in [0.1, 0.15) is 5.41 Å². The fourth-order valence-corrected chi connectivity index (χ4v) is 2.59. The molecule has 1 aromatic heterocycles. The summed E-state index contributed by atoms with van der Waals surface area (Å²) in [6.45, 7) is 5.18. The van der Waals surface area contributed by atoms with E-state index in [0.717, 1.165) is 15.3 Å². The lowest BCUT2D eigenvalue weighted by Gasteiger charge is -2.34. The molecule has 1 aliphatic rings. The molecule has 1 fully saturated rings. The summed E-state index contributed by atoms with van der Waals surface area (Å²) in [7, 11) is 0. The number of urea groups is 1. The summed E-state index contributed by atoms with van der Waals surface area (Å²) < 4.78 is 0. The zero-order chi connectivity index (χ0) is 13.5. The van der Waals surface area contributed by atoms with E-state index in [1.165, 1.54) is 25.2 Å². The van der Waals surface area contributed by atoms with E-state index in [0.29, 0.717) is 0 Å². The minimum absolute atomic E-state index is 0.213. The fraction of sp³-hybridized carbons (Fsp3) is 0.417. The van der Waals surface area contributed by atoms with Crippen LogP contribution in [0.5, 0.6) is 0 Å². The second-order valence-electron chi connectivity index (χ2n) is 4.80. The van der Waals surface area contributed by atoms with Gasteiger partial charge in [-0.15, -0.1) is 11.3 Å². The Morgan fingerprint density at radius 2 is 2.00 bits per heavy atom. The van der Waals surface area contributed by atoms with Gasteiger partial charge in [0.2, 0.25) is 11.8 Å². The van der Waals surface area contributed by atoms with E-state index in [1.54, 1.807) is 0 Å². The molecule has 4 amide bonds. The Morgan fingerprint density at radius 3 is 2.56 bits per heavy atom. The van der Waals surface area contributed by atoms with Crippen molar-refractivity contribution in [3.8, 4) is 0 Å². The number of carbonyl (C=O) groups is 3. The molecule has 0 unspecified atom stereocenters. The molecule has 0 spiro atoms. The molecule has 1 aromatic rings. The van der Waals surface area contributed by atoms with Gasteiger partial charge in [-0.1, -0.05) is 0 Å². The molecule has 2 heterocycles. The van der Waals surface area contributed by atoms with Gasteiger partial charge in [-0.05, 0) is 37.8 Å². The maximum Gasteiger partial charge on any atom is 0.331 e. The minimum atomic E-state index is -1.20. The second kappa shape index (κ2) is 4.20. The van der Waals surface area contributed by atoms with E-state index < -0.39 is 23.3 Å². The summed E-state index contributed by atoms with van der Waals surface area (Å²) >= 11 is 1.49. The number of nitrogens with zero attached hydrogens (tertiary/aromatic N) is 1. The van der Waals surface area contributed by atoms with Crippen LogP contribution in [0.2, 0.25) is 0 Å². The summed E-state index contributed by atoms with van der Waals surface area (Å²) in [4.78, 5) is 37.5. The molecule has 0 radical (unpaired) electrons. The highest BCUT2D eigenvalue weighted by molar-refractivity contribution is 7.10. The lowest BCUT2D eigenvalue weighted by atomic mass is 9.89. The van der Waals surface area contributed by atoms with Gasteiger partial charge in [0.25, 0.3) is 0 Å². The van der Waals surface area contributed by atoms with Crippen molar-refractivity contribution in [2.75, 3.05) is 0 Å². The van der Waals surface area contributed by atoms with Gasteiger partial charge >= 0.3 is 6.03 Å². The number of barbiturate groups is 1. The van der Waals surface area contributed by atoms with Crippen molar-refractivity contribution in [2.45, 2.75) is 27.3 Å². The summed E-state index contributed by atoms with van der Waals surface area (Å²) in [5.74, 6) is -0.999. The molecule has 6 heteroatoms. The third-order valence-electron chi connectivity index (χ3n) is 3.08. The number of hydrogen-bond acceptors (Lipinski definition) is 4.